The Kier molecular flexibility index (Phi) is 6.27. The van der Waals surface area contributed by atoms with Crippen molar-refractivity contribution in [3.05, 3.63) is 94.9 Å². The summed E-state index contributed by atoms with van der Waals surface area (Å²) >= 11 is 0. The molecular weight excluding hydrogens is 438 g/mol. The van der Waals surface area contributed by atoms with Gasteiger partial charge in [-0.25, -0.2) is 9.67 Å². The predicted octanol–water partition coefficient (Wildman–Crippen LogP) is 5.76. The fourth-order valence-electron chi connectivity index (χ4n) is 4.43. The maximum absolute atomic E-state index is 13.4. The average Bonchev–Trinajstić information content (AvgIpc) is 3.07. The molecule has 0 unspecified atom stereocenters. The molecule has 2 heterocycles. The van der Waals surface area contributed by atoms with Crippen molar-refractivity contribution in [1.29, 1.82) is 5.26 Å². The minimum atomic E-state index is -0.217. The number of amides is 1. The number of benzene rings is 2. The van der Waals surface area contributed by atoms with E-state index >= 15 is 0 Å². The first kappa shape index (κ1) is 22.4. The van der Waals surface area contributed by atoms with Gasteiger partial charge in [-0.2, -0.15) is 10.4 Å². The van der Waals surface area contributed by atoms with Gasteiger partial charge in [0.05, 0.1) is 5.69 Å². The molecule has 35 heavy (non-hydrogen) atoms. The number of nitrogens with one attached hydrogen (secondary N) is 1. The Balaban J connectivity index is 1.41. The molecule has 2 aromatic heterocycles. The molecule has 0 radical (unpaired) electrons. The van der Waals surface area contributed by atoms with E-state index in [9.17, 15) is 10.1 Å². The Bertz CT molecular complexity index is 1420. The Morgan fingerprint density at radius 3 is 2.69 bits per heavy atom. The van der Waals surface area contributed by atoms with E-state index in [0.717, 1.165) is 54.6 Å². The van der Waals surface area contributed by atoms with Crippen molar-refractivity contribution in [3.63, 3.8) is 0 Å². The third-order valence-electron chi connectivity index (χ3n) is 6.20. The van der Waals surface area contributed by atoms with Gasteiger partial charge in [0, 0.05) is 23.1 Å². The molecule has 0 fully saturated rings. The first-order valence-electron chi connectivity index (χ1n) is 11.7. The van der Waals surface area contributed by atoms with Crippen molar-refractivity contribution in [2.45, 2.75) is 39.0 Å². The normalized spacial score (nSPS) is 12.8. The second-order valence-electron chi connectivity index (χ2n) is 8.58. The summed E-state index contributed by atoms with van der Waals surface area (Å²) in [7, 11) is 0. The van der Waals surface area contributed by atoms with Crippen LogP contribution < -0.4 is 10.1 Å². The van der Waals surface area contributed by atoms with Gasteiger partial charge in [-0.3, -0.25) is 4.79 Å². The van der Waals surface area contributed by atoms with Crippen LogP contribution in [0.2, 0.25) is 0 Å². The number of rotatable bonds is 5. The van der Waals surface area contributed by atoms with E-state index in [-0.39, 0.29) is 11.8 Å². The highest BCUT2D eigenvalue weighted by molar-refractivity contribution is 6.04. The van der Waals surface area contributed by atoms with Crippen LogP contribution in [0.5, 0.6) is 11.6 Å². The molecular formula is C28H25N5O2. The molecule has 5 rings (SSSR count). The van der Waals surface area contributed by atoms with E-state index in [2.05, 4.69) is 16.4 Å². The number of aryl methyl sites for hydroxylation is 1. The maximum Gasteiger partial charge on any atom is 0.276 e. The van der Waals surface area contributed by atoms with Crippen LogP contribution in [-0.2, 0) is 12.8 Å². The molecule has 0 spiro atoms. The number of ether oxygens (including phenoxy) is 1. The number of para-hydroxylation sites is 1. The van der Waals surface area contributed by atoms with Crippen LogP contribution in [-0.4, -0.2) is 20.7 Å². The summed E-state index contributed by atoms with van der Waals surface area (Å²) in [5.74, 6) is 0.573. The van der Waals surface area contributed by atoms with Crippen molar-refractivity contribution >= 4 is 11.6 Å². The number of fused-ring (bicyclic) bond motifs is 1. The standard InChI is InChI=1S/C28H25N5O2/c1-19-17-22(35-28-20(18-29)9-8-16-30-28)14-15-24(19)31-27(34)26-23-12-6-3-7-13-25(23)33(32-26)21-10-4-2-5-11-21/h2,4-5,8-11,14-17H,3,6-7,12-13H2,1H3,(H,31,34). The fraction of sp³-hybridized carbons (Fsp3) is 0.214. The summed E-state index contributed by atoms with van der Waals surface area (Å²) in [5, 5.41) is 17.1. The molecule has 1 amide bonds. The lowest BCUT2D eigenvalue weighted by atomic mass is 10.1. The number of nitriles is 1. The molecule has 0 aliphatic heterocycles. The van der Waals surface area contributed by atoms with E-state index in [1.165, 1.54) is 0 Å². The van der Waals surface area contributed by atoms with E-state index in [4.69, 9.17) is 9.84 Å². The number of pyridine rings is 1. The molecule has 1 aliphatic rings. The van der Waals surface area contributed by atoms with Gasteiger partial charge < -0.3 is 10.1 Å². The number of hydrogen-bond acceptors (Lipinski definition) is 5. The highest BCUT2D eigenvalue weighted by Crippen LogP contribution is 2.29. The SMILES string of the molecule is Cc1cc(Oc2ncccc2C#N)ccc1NC(=O)c1nn(-c2ccccc2)c2c1CCCCC2. The van der Waals surface area contributed by atoms with Crippen molar-refractivity contribution < 1.29 is 9.53 Å². The second kappa shape index (κ2) is 9.82. The minimum absolute atomic E-state index is 0.217. The van der Waals surface area contributed by atoms with Crippen LogP contribution >= 0.6 is 0 Å². The van der Waals surface area contributed by atoms with Crippen LogP contribution in [0.3, 0.4) is 0 Å². The number of hydrogen-bond donors (Lipinski definition) is 1. The maximum atomic E-state index is 13.4. The van der Waals surface area contributed by atoms with Crippen LogP contribution in [0.15, 0.2) is 66.9 Å². The quantitative estimate of drug-likeness (QED) is 0.380. The minimum Gasteiger partial charge on any atom is -0.438 e. The Morgan fingerprint density at radius 1 is 1.06 bits per heavy atom. The zero-order valence-corrected chi connectivity index (χ0v) is 19.5. The van der Waals surface area contributed by atoms with E-state index in [1.807, 2.05) is 48.0 Å². The summed E-state index contributed by atoms with van der Waals surface area (Å²) in [6, 6.07) is 20.8. The van der Waals surface area contributed by atoms with Crippen molar-refractivity contribution in [2.24, 2.45) is 0 Å². The number of nitrogens with zero attached hydrogens (tertiary/aromatic N) is 4. The van der Waals surface area contributed by atoms with Crippen LogP contribution in [0.1, 0.15) is 52.1 Å². The Labute approximate surface area is 204 Å². The number of carbonyl (C=O) groups is 1. The molecule has 7 heteroatoms. The largest absolute Gasteiger partial charge is 0.438 e. The zero-order valence-electron chi connectivity index (χ0n) is 19.5. The lowest BCUT2D eigenvalue weighted by Gasteiger charge is -2.11. The van der Waals surface area contributed by atoms with E-state index in [0.29, 0.717) is 22.7 Å². The molecule has 0 bridgehead atoms. The summed E-state index contributed by atoms with van der Waals surface area (Å²) < 4.78 is 7.73. The summed E-state index contributed by atoms with van der Waals surface area (Å²) in [5.41, 5.74) is 5.49. The lowest BCUT2D eigenvalue weighted by molar-refractivity contribution is 0.102. The molecule has 0 saturated carbocycles. The molecule has 174 valence electrons. The monoisotopic (exact) mass is 463 g/mol. The lowest BCUT2D eigenvalue weighted by Crippen LogP contribution is -2.15. The van der Waals surface area contributed by atoms with Gasteiger partial charge in [-0.05, 0) is 80.6 Å². The van der Waals surface area contributed by atoms with Gasteiger partial charge in [-0.1, -0.05) is 24.6 Å². The predicted molar refractivity (Wildman–Crippen MR) is 133 cm³/mol. The number of carbonyl (C=O) groups excluding carboxylic acids is 1. The molecule has 0 saturated heterocycles. The molecule has 7 nitrogen and oxygen atoms in total. The van der Waals surface area contributed by atoms with Gasteiger partial charge in [-0.15, -0.1) is 0 Å². The Hall–Kier alpha value is -4.44. The van der Waals surface area contributed by atoms with Crippen molar-refractivity contribution in [3.8, 4) is 23.4 Å². The summed E-state index contributed by atoms with van der Waals surface area (Å²) in [6.45, 7) is 1.90. The fourth-order valence-corrected chi connectivity index (χ4v) is 4.43. The van der Waals surface area contributed by atoms with Crippen molar-refractivity contribution in [1.82, 2.24) is 14.8 Å². The number of aromatic nitrogens is 3. The first-order valence-corrected chi connectivity index (χ1v) is 11.7. The third kappa shape index (κ3) is 4.64. The second-order valence-corrected chi connectivity index (χ2v) is 8.58. The van der Waals surface area contributed by atoms with Gasteiger partial charge in [0.25, 0.3) is 5.91 Å². The van der Waals surface area contributed by atoms with Crippen LogP contribution in [0, 0.1) is 18.3 Å². The molecule has 0 atom stereocenters. The molecule has 1 N–H and O–H groups in total. The smallest absolute Gasteiger partial charge is 0.276 e. The Morgan fingerprint density at radius 2 is 1.89 bits per heavy atom. The zero-order chi connectivity index (χ0) is 24.2. The molecule has 4 aromatic rings. The average molecular weight is 464 g/mol. The van der Waals surface area contributed by atoms with Gasteiger partial charge >= 0.3 is 0 Å². The van der Waals surface area contributed by atoms with E-state index in [1.54, 1.807) is 30.5 Å². The first-order chi connectivity index (χ1) is 17.1. The summed E-state index contributed by atoms with van der Waals surface area (Å²) in [4.78, 5) is 17.5. The van der Waals surface area contributed by atoms with Gasteiger partial charge in [0.2, 0.25) is 5.88 Å². The van der Waals surface area contributed by atoms with E-state index < -0.39 is 0 Å². The number of anilines is 1. The highest BCUT2D eigenvalue weighted by Gasteiger charge is 2.25. The topological polar surface area (TPSA) is 92.8 Å². The highest BCUT2D eigenvalue weighted by atomic mass is 16.5. The van der Waals surface area contributed by atoms with Crippen molar-refractivity contribution in [2.75, 3.05) is 5.32 Å². The van der Waals surface area contributed by atoms with Crippen LogP contribution in [0.4, 0.5) is 5.69 Å². The van der Waals surface area contributed by atoms with Gasteiger partial charge in [0.15, 0.2) is 5.69 Å². The van der Waals surface area contributed by atoms with Crippen LogP contribution in [0.25, 0.3) is 5.69 Å². The third-order valence-corrected chi connectivity index (χ3v) is 6.20. The van der Waals surface area contributed by atoms with Gasteiger partial charge in [0.1, 0.15) is 17.4 Å². The summed E-state index contributed by atoms with van der Waals surface area (Å²) in [6.07, 6.45) is 6.63. The molecule has 2 aromatic carbocycles. The molecule has 1 aliphatic carbocycles.